The third-order valence-electron chi connectivity index (χ3n) is 2.98. The summed E-state index contributed by atoms with van der Waals surface area (Å²) in [4.78, 5) is 4.60. The first-order valence-electron chi connectivity index (χ1n) is 6.15. The van der Waals surface area contributed by atoms with Crippen molar-refractivity contribution in [1.82, 2.24) is 9.38 Å². The van der Waals surface area contributed by atoms with Gasteiger partial charge in [0.1, 0.15) is 5.82 Å². The number of nitrogens with zero attached hydrogens (tertiary/aromatic N) is 2. The number of rotatable bonds is 5. The Morgan fingerprint density at radius 2 is 2.18 bits per heavy atom. The summed E-state index contributed by atoms with van der Waals surface area (Å²) in [6, 6.07) is 3.96. The second kappa shape index (κ2) is 5.54. The van der Waals surface area contributed by atoms with Crippen molar-refractivity contribution >= 4 is 27.4 Å². The Kier molecular flexibility index (Phi) is 4.05. The van der Waals surface area contributed by atoms with Crippen molar-refractivity contribution in [2.45, 2.75) is 39.0 Å². The van der Waals surface area contributed by atoms with E-state index in [0.717, 1.165) is 28.1 Å². The van der Waals surface area contributed by atoms with Gasteiger partial charge in [0.15, 0.2) is 5.65 Å². The fourth-order valence-electron chi connectivity index (χ4n) is 2.00. The monoisotopic (exact) mass is 295 g/mol. The molecular weight excluding hydrogens is 278 g/mol. The van der Waals surface area contributed by atoms with Crippen molar-refractivity contribution in [1.29, 1.82) is 0 Å². The van der Waals surface area contributed by atoms with Crippen LogP contribution in [0.4, 0.5) is 5.82 Å². The molecule has 2 rings (SSSR count). The number of fused-ring (bicyclic) bond motifs is 1. The number of hydrogen-bond donors (Lipinski definition) is 1. The van der Waals surface area contributed by atoms with Gasteiger partial charge in [-0.2, -0.15) is 0 Å². The zero-order chi connectivity index (χ0) is 12.3. The van der Waals surface area contributed by atoms with E-state index < -0.39 is 0 Å². The van der Waals surface area contributed by atoms with E-state index in [9.17, 15) is 0 Å². The van der Waals surface area contributed by atoms with Gasteiger partial charge in [-0.05, 0) is 40.9 Å². The highest BCUT2D eigenvalue weighted by atomic mass is 79.9. The number of nitrogens with two attached hydrogens (primary N) is 1. The molecule has 0 spiro atoms. The van der Waals surface area contributed by atoms with Gasteiger partial charge in [0.05, 0.1) is 10.2 Å². The Hall–Kier alpha value is -1.03. The third kappa shape index (κ3) is 2.63. The Morgan fingerprint density at radius 3 is 2.88 bits per heavy atom. The molecule has 0 aromatic carbocycles. The first-order chi connectivity index (χ1) is 8.24. The predicted molar refractivity (Wildman–Crippen MR) is 75.2 cm³/mol. The lowest BCUT2D eigenvalue weighted by molar-refractivity contribution is 0.663. The summed E-state index contributed by atoms with van der Waals surface area (Å²) in [5.74, 6) is 0.776. The van der Waals surface area contributed by atoms with E-state index in [1.807, 2.05) is 22.7 Å². The number of hydrogen-bond acceptors (Lipinski definition) is 2. The summed E-state index contributed by atoms with van der Waals surface area (Å²) in [5.41, 5.74) is 8.04. The minimum atomic E-state index is 0.776. The first kappa shape index (κ1) is 12.4. The maximum atomic E-state index is 6.10. The van der Waals surface area contributed by atoms with Crippen LogP contribution in [0.15, 0.2) is 22.8 Å². The van der Waals surface area contributed by atoms with E-state index in [2.05, 4.69) is 27.8 Å². The van der Waals surface area contributed by atoms with Crippen LogP contribution in [0.25, 0.3) is 5.65 Å². The molecule has 2 heterocycles. The topological polar surface area (TPSA) is 43.3 Å². The zero-order valence-electron chi connectivity index (χ0n) is 10.1. The van der Waals surface area contributed by atoms with E-state index in [1.165, 1.54) is 25.7 Å². The molecular formula is C13H18BrN3. The average Bonchev–Trinajstić information content (AvgIpc) is 2.65. The molecule has 0 radical (unpaired) electrons. The minimum Gasteiger partial charge on any atom is -0.383 e. The van der Waals surface area contributed by atoms with Crippen LogP contribution in [0.3, 0.4) is 0 Å². The standard InChI is InChI=1S/C13H18BrN3/c1-2-3-4-5-8-11-12(15)17-9-6-7-10(14)13(17)16-11/h6-7,9H,2-5,8,15H2,1H3. The van der Waals surface area contributed by atoms with Crippen molar-refractivity contribution in [3.05, 3.63) is 28.5 Å². The molecule has 2 N–H and O–H groups in total. The molecule has 0 saturated heterocycles. The molecule has 0 atom stereocenters. The Labute approximate surface area is 110 Å². The lowest BCUT2D eigenvalue weighted by Crippen LogP contribution is -1.96. The summed E-state index contributed by atoms with van der Waals surface area (Å²) in [6.07, 6.45) is 7.89. The van der Waals surface area contributed by atoms with E-state index in [4.69, 9.17) is 5.73 Å². The molecule has 0 saturated carbocycles. The maximum Gasteiger partial charge on any atom is 0.153 e. The highest BCUT2D eigenvalue weighted by Crippen LogP contribution is 2.23. The van der Waals surface area contributed by atoms with Crippen LogP contribution < -0.4 is 5.73 Å². The van der Waals surface area contributed by atoms with E-state index in [-0.39, 0.29) is 0 Å². The van der Waals surface area contributed by atoms with Crippen LogP contribution in [-0.4, -0.2) is 9.38 Å². The zero-order valence-corrected chi connectivity index (χ0v) is 11.7. The quantitative estimate of drug-likeness (QED) is 0.853. The second-order valence-corrected chi connectivity index (χ2v) is 5.16. The molecule has 17 heavy (non-hydrogen) atoms. The number of halogens is 1. The molecule has 0 aliphatic heterocycles. The Morgan fingerprint density at radius 1 is 1.35 bits per heavy atom. The molecule has 0 fully saturated rings. The van der Waals surface area contributed by atoms with Crippen molar-refractivity contribution in [2.24, 2.45) is 0 Å². The summed E-state index contributed by atoms with van der Waals surface area (Å²) < 4.78 is 2.94. The molecule has 0 aliphatic rings. The number of imidazole rings is 1. The smallest absolute Gasteiger partial charge is 0.153 e. The average molecular weight is 296 g/mol. The van der Waals surface area contributed by atoms with Gasteiger partial charge < -0.3 is 5.73 Å². The van der Waals surface area contributed by atoms with Crippen LogP contribution in [0, 0.1) is 0 Å². The van der Waals surface area contributed by atoms with Crippen LogP contribution in [0.2, 0.25) is 0 Å². The minimum absolute atomic E-state index is 0.776. The number of aryl methyl sites for hydroxylation is 1. The van der Waals surface area contributed by atoms with E-state index in [1.54, 1.807) is 0 Å². The molecule has 3 nitrogen and oxygen atoms in total. The molecule has 0 unspecified atom stereocenters. The van der Waals surface area contributed by atoms with E-state index in [0.29, 0.717) is 0 Å². The fraction of sp³-hybridized carbons (Fsp3) is 0.462. The molecule has 0 aliphatic carbocycles. The summed E-state index contributed by atoms with van der Waals surface area (Å²) in [7, 11) is 0. The normalized spacial score (nSPS) is 11.2. The molecule has 2 aromatic heterocycles. The van der Waals surface area contributed by atoms with Gasteiger partial charge in [-0.25, -0.2) is 4.98 Å². The number of nitrogen functional groups attached to an aromatic ring is 1. The van der Waals surface area contributed by atoms with Gasteiger partial charge in [-0.3, -0.25) is 4.40 Å². The van der Waals surface area contributed by atoms with Gasteiger partial charge >= 0.3 is 0 Å². The third-order valence-corrected chi connectivity index (χ3v) is 3.60. The SMILES string of the molecule is CCCCCCc1nc2c(Br)cccn2c1N. The molecule has 0 amide bonds. The molecule has 4 heteroatoms. The summed E-state index contributed by atoms with van der Waals surface area (Å²) in [5, 5.41) is 0. The number of unbranched alkanes of at least 4 members (excludes halogenated alkanes) is 3. The number of pyridine rings is 1. The first-order valence-corrected chi connectivity index (χ1v) is 6.94. The number of anilines is 1. The van der Waals surface area contributed by atoms with Crippen LogP contribution in [0.5, 0.6) is 0 Å². The number of aromatic nitrogens is 2. The van der Waals surface area contributed by atoms with Crippen molar-refractivity contribution in [3.8, 4) is 0 Å². The largest absolute Gasteiger partial charge is 0.383 e. The highest BCUT2D eigenvalue weighted by Gasteiger charge is 2.10. The maximum absolute atomic E-state index is 6.10. The van der Waals surface area contributed by atoms with Crippen LogP contribution in [-0.2, 0) is 6.42 Å². The predicted octanol–water partition coefficient (Wildman–Crippen LogP) is 3.80. The van der Waals surface area contributed by atoms with Gasteiger partial charge in [0, 0.05) is 6.20 Å². The van der Waals surface area contributed by atoms with Gasteiger partial charge in [0.25, 0.3) is 0 Å². The van der Waals surface area contributed by atoms with E-state index >= 15 is 0 Å². The van der Waals surface area contributed by atoms with Crippen molar-refractivity contribution < 1.29 is 0 Å². The lowest BCUT2D eigenvalue weighted by atomic mass is 10.1. The summed E-state index contributed by atoms with van der Waals surface area (Å²) in [6.45, 7) is 2.22. The fourth-order valence-corrected chi connectivity index (χ4v) is 2.44. The van der Waals surface area contributed by atoms with Crippen molar-refractivity contribution in [2.75, 3.05) is 5.73 Å². The Bertz CT molecular complexity index is 505. The summed E-state index contributed by atoms with van der Waals surface area (Å²) >= 11 is 3.50. The van der Waals surface area contributed by atoms with Crippen LogP contribution >= 0.6 is 15.9 Å². The van der Waals surface area contributed by atoms with Crippen molar-refractivity contribution in [3.63, 3.8) is 0 Å². The highest BCUT2D eigenvalue weighted by molar-refractivity contribution is 9.10. The lowest BCUT2D eigenvalue weighted by Gasteiger charge is -1.99. The molecule has 92 valence electrons. The Balaban J connectivity index is 2.18. The molecule has 0 bridgehead atoms. The second-order valence-electron chi connectivity index (χ2n) is 4.30. The van der Waals surface area contributed by atoms with Crippen LogP contribution in [0.1, 0.15) is 38.3 Å². The van der Waals surface area contributed by atoms with Gasteiger partial charge in [0.2, 0.25) is 0 Å². The van der Waals surface area contributed by atoms with Gasteiger partial charge in [-0.1, -0.05) is 26.2 Å². The van der Waals surface area contributed by atoms with Gasteiger partial charge in [-0.15, -0.1) is 0 Å². The molecule has 2 aromatic rings.